The van der Waals surface area contributed by atoms with Crippen LogP contribution in [0, 0.1) is 29.3 Å². The van der Waals surface area contributed by atoms with E-state index in [4.69, 9.17) is 10.5 Å². The van der Waals surface area contributed by atoms with Crippen molar-refractivity contribution in [1.29, 1.82) is 0 Å². The molecule has 2 aromatic rings. The Kier molecular flexibility index (Phi) is 4.85. The van der Waals surface area contributed by atoms with Crippen molar-refractivity contribution in [1.82, 2.24) is 0 Å². The molecular formula is C16H12F3NO. The summed E-state index contributed by atoms with van der Waals surface area (Å²) < 4.78 is 45.7. The first-order valence-electron chi connectivity index (χ1n) is 6.16. The minimum Gasteiger partial charge on any atom is -0.486 e. The average molecular weight is 291 g/mol. The largest absolute Gasteiger partial charge is 0.486 e. The van der Waals surface area contributed by atoms with Gasteiger partial charge in [0.05, 0.1) is 12.1 Å². The molecule has 2 N–H and O–H groups in total. The van der Waals surface area contributed by atoms with E-state index in [1.54, 1.807) is 0 Å². The van der Waals surface area contributed by atoms with Crippen molar-refractivity contribution in [2.24, 2.45) is 5.73 Å². The highest BCUT2D eigenvalue weighted by Gasteiger charge is 2.11. The summed E-state index contributed by atoms with van der Waals surface area (Å²) in [5, 5.41) is 0. The Balaban J connectivity index is 2.20. The lowest BCUT2D eigenvalue weighted by Gasteiger charge is -2.09. The second kappa shape index (κ2) is 6.82. The van der Waals surface area contributed by atoms with Crippen LogP contribution in [0.4, 0.5) is 13.2 Å². The predicted octanol–water partition coefficient (Wildman–Crippen LogP) is 2.99. The summed E-state index contributed by atoms with van der Waals surface area (Å²) in [5.74, 6) is 3.11. The predicted molar refractivity (Wildman–Crippen MR) is 73.0 cm³/mol. The molecule has 0 saturated heterocycles. The fraction of sp³-hybridized carbons (Fsp3) is 0.125. The molecule has 0 saturated carbocycles. The van der Waals surface area contributed by atoms with Crippen molar-refractivity contribution < 1.29 is 17.9 Å². The van der Waals surface area contributed by atoms with Gasteiger partial charge in [0.25, 0.3) is 0 Å². The van der Waals surface area contributed by atoms with Gasteiger partial charge in [-0.15, -0.1) is 0 Å². The van der Waals surface area contributed by atoms with Gasteiger partial charge in [-0.3, -0.25) is 0 Å². The summed E-state index contributed by atoms with van der Waals surface area (Å²) >= 11 is 0. The van der Waals surface area contributed by atoms with E-state index < -0.39 is 24.1 Å². The SMILES string of the molecule is NCC#Cc1ccc(F)c(OCc2c(F)cccc2F)c1. The number of benzene rings is 2. The zero-order valence-electron chi connectivity index (χ0n) is 11.0. The van der Waals surface area contributed by atoms with Gasteiger partial charge in [-0.2, -0.15) is 0 Å². The molecule has 0 aliphatic heterocycles. The molecule has 108 valence electrons. The van der Waals surface area contributed by atoms with Crippen molar-refractivity contribution in [3.8, 4) is 17.6 Å². The number of halogens is 3. The van der Waals surface area contributed by atoms with Gasteiger partial charge in [0.15, 0.2) is 11.6 Å². The minimum absolute atomic E-state index is 0.124. The highest BCUT2D eigenvalue weighted by molar-refractivity contribution is 5.41. The first-order chi connectivity index (χ1) is 10.1. The maximum Gasteiger partial charge on any atom is 0.165 e. The highest BCUT2D eigenvalue weighted by atomic mass is 19.1. The molecule has 0 atom stereocenters. The molecule has 21 heavy (non-hydrogen) atoms. The quantitative estimate of drug-likeness (QED) is 0.882. The van der Waals surface area contributed by atoms with Crippen LogP contribution in [-0.4, -0.2) is 6.54 Å². The summed E-state index contributed by atoms with van der Waals surface area (Å²) in [6, 6.07) is 7.47. The first-order valence-corrected chi connectivity index (χ1v) is 6.16. The fourth-order valence-electron chi connectivity index (χ4n) is 1.66. The van der Waals surface area contributed by atoms with Crippen LogP contribution in [0.5, 0.6) is 5.75 Å². The van der Waals surface area contributed by atoms with E-state index in [0.29, 0.717) is 5.56 Å². The zero-order chi connectivity index (χ0) is 15.2. The van der Waals surface area contributed by atoms with Crippen LogP contribution in [0.1, 0.15) is 11.1 Å². The van der Waals surface area contributed by atoms with Gasteiger partial charge >= 0.3 is 0 Å². The van der Waals surface area contributed by atoms with Gasteiger partial charge in [-0.05, 0) is 30.3 Å². The molecule has 5 heteroatoms. The fourth-order valence-corrected chi connectivity index (χ4v) is 1.66. The number of hydrogen-bond donors (Lipinski definition) is 1. The van der Waals surface area contributed by atoms with Gasteiger partial charge < -0.3 is 10.5 Å². The van der Waals surface area contributed by atoms with Crippen molar-refractivity contribution in [3.05, 3.63) is 65.0 Å². The molecule has 2 rings (SSSR count). The minimum atomic E-state index is -0.741. The third-order valence-corrected chi connectivity index (χ3v) is 2.70. The third-order valence-electron chi connectivity index (χ3n) is 2.70. The highest BCUT2D eigenvalue weighted by Crippen LogP contribution is 2.21. The van der Waals surface area contributed by atoms with Gasteiger partial charge in [-0.25, -0.2) is 13.2 Å². The van der Waals surface area contributed by atoms with E-state index in [-0.39, 0.29) is 17.9 Å². The van der Waals surface area contributed by atoms with Crippen molar-refractivity contribution in [3.63, 3.8) is 0 Å². The Morgan fingerprint density at radius 1 is 1.00 bits per heavy atom. The standard InChI is InChI=1S/C16H12F3NO/c17-13-4-1-5-14(18)12(13)10-21-16-9-11(3-2-8-20)6-7-15(16)19/h1,4-7,9H,8,10,20H2. The monoisotopic (exact) mass is 291 g/mol. The Labute approximate surface area is 120 Å². The number of hydrogen-bond acceptors (Lipinski definition) is 2. The lowest BCUT2D eigenvalue weighted by Crippen LogP contribution is -2.03. The van der Waals surface area contributed by atoms with Gasteiger partial charge in [0, 0.05) is 5.56 Å². The number of ether oxygens (including phenoxy) is 1. The molecule has 0 unspecified atom stereocenters. The molecule has 0 heterocycles. The molecule has 0 aromatic heterocycles. The summed E-state index contributed by atoms with van der Waals surface area (Å²) in [7, 11) is 0. The maximum absolute atomic E-state index is 13.6. The Morgan fingerprint density at radius 3 is 2.38 bits per heavy atom. The van der Waals surface area contributed by atoms with Crippen LogP contribution < -0.4 is 10.5 Å². The molecule has 0 radical (unpaired) electrons. The van der Waals surface area contributed by atoms with E-state index in [1.807, 2.05) is 0 Å². The van der Waals surface area contributed by atoms with E-state index in [2.05, 4.69) is 11.8 Å². The molecule has 2 aromatic carbocycles. The summed E-state index contributed by atoms with van der Waals surface area (Å²) in [4.78, 5) is 0. The van der Waals surface area contributed by atoms with Gasteiger partial charge in [-0.1, -0.05) is 17.9 Å². The Bertz CT molecular complexity index is 684. The van der Waals surface area contributed by atoms with Crippen LogP contribution in [0.15, 0.2) is 36.4 Å². The summed E-state index contributed by atoms with van der Waals surface area (Å²) in [6.45, 7) is -0.239. The summed E-state index contributed by atoms with van der Waals surface area (Å²) in [5.41, 5.74) is 5.50. The molecule has 0 aliphatic carbocycles. The van der Waals surface area contributed by atoms with Crippen LogP contribution in [0.2, 0.25) is 0 Å². The maximum atomic E-state index is 13.6. The lowest BCUT2D eigenvalue weighted by atomic mass is 10.2. The molecule has 0 aliphatic rings. The topological polar surface area (TPSA) is 35.2 Å². The van der Waals surface area contributed by atoms with Gasteiger partial charge in [0.2, 0.25) is 0 Å². The zero-order valence-corrected chi connectivity index (χ0v) is 11.0. The number of nitrogens with two attached hydrogens (primary N) is 1. The van der Waals surface area contributed by atoms with Crippen molar-refractivity contribution in [2.75, 3.05) is 6.54 Å². The Morgan fingerprint density at radius 2 is 1.71 bits per heavy atom. The van der Waals surface area contributed by atoms with Crippen molar-refractivity contribution in [2.45, 2.75) is 6.61 Å². The second-order valence-corrected chi connectivity index (χ2v) is 4.14. The Hall–Kier alpha value is -2.45. The molecule has 0 fully saturated rings. The number of rotatable bonds is 3. The lowest BCUT2D eigenvalue weighted by molar-refractivity contribution is 0.278. The second-order valence-electron chi connectivity index (χ2n) is 4.14. The smallest absolute Gasteiger partial charge is 0.165 e. The molecule has 2 nitrogen and oxygen atoms in total. The van der Waals surface area contributed by atoms with E-state index >= 15 is 0 Å². The van der Waals surface area contributed by atoms with Crippen LogP contribution >= 0.6 is 0 Å². The van der Waals surface area contributed by atoms with E-state index in [0.717, 1.165) is 12.1 Å². The third kappa shape index (κ3) is 3.77. The van der Waals surface area contributed by atoms with E-state index in [1.165, 1.54) is 24.3 Å². The van der Waals surface area contributed by atoms with E-state index in [9.17, 15) is 13.2 Å². The first kappa shape index (κ1) is 14.9. The molecule has 0 bridgehead atoms. The van der Waals surface area contributed by atoms with Gasteiger partial charge in [0.1, 0.15) is 18.2 Å². The average Bonchev–Trinajstić information content (AvgIpc) is 2.47. The molecular weight excluding hydrogens is 279 g/mol. The van der Waals surface area contributed by atoms with Crippen LogP contribution in [0.3, 0.4) is 0 Å². The van der Waals surface area contributed by atoms with Crippen molar-refractivity contribution >= 4 is 0 Å². The molecule has 0 amide bonds. The molecule has 0 spiro atoms. The normalized spacial score (nSPS) is 9.90. The summed E-state index contributed by atoms with van der Waals surface area (Å²) in [6.07, 6.45) is 0. The van der Waals surface area contributed by atoms with Crippen LogP contribution in [-0.2, 0) is 6.61 Å². The van der Waals surface area contributed by atoms with Crippen LogP contribution in [0.25, 0.3) is 0 Å².